The van der Waals surface area contributed by atoms with Crippen molar-refractivity contribution in [3.8, 4) is 5.75 Å². The van der Waals surface area contributed by atoms with Gasteiger partial charge in [0.25, 0.3) is 6.47 Å². The summed E-state index contributed by atoms with van der Waals surface area (Å²) in [4.78, 5) is 24.3. The predicted octanol–water partition coefficient (Wildman–Crippen LogP) is 3.70. The molecular formula is C25H36N2O5. The monoisotopic (exact) mass is 444 g/mol. The molecule has 2 aliphatic rings. The Labute approximate surface area is 190 Å². The van der Waals surface area contributed by atoms with Gasteiger partial charge in [-0.25, -0.2) is 0 Å². The summed E-state index contributed by atoms with van der Waals surface area (Å²) >= 11 is 0. The maximum Gasteiger partial charge on any atom is 0.317 e. The SMILES string of the molecule is CCCC(C)C1CN2CCc3c(n(C)c4ccc(O)cc34)C(C(=O)O)(C1)C2C.COC=O. The maximum absolute atomic E-state index is 12.9. The molecule has 5 unspecified atom stereocenters. The van der Waals surface area contributed by atoms with E-state index in [1.165, 1.54) is 7.11 Å². The number of phenolic OH excluding ortho intramolecular Hbond substituents is 1. The molecule has 2 N–H and O–H groups in total. The van der Waals surface area contributed by atoms with Crippen LogP contribution in [-0.4, -0.2) is 58.4 Å². The van der Waals surface area contributed by atoms with Crippen LogP contribution in [0.3, 0.4) is 0 Å². The van der Waals surface area contributed by atoms with E-state index in [9.17, 15) is 15.0 Å². The van der Waals surface area contributed by atoms with Gasteiger partial charge in [0.1, 0.15) is 11.2 Å². The second-order valence-electron chi connectivity index (χ2n) is 9.35. The largest absolute Gasteiger partial charge is 0.508 e. The standard InChI is InChI=1S/C23H32N2O3.C2H4O2/c1-5-6-14(2)16-12-23(22(27)28)15(3)25(13-16)10-9-18-19-11-17(26)7-8-20(19)24(4)21(18)23;1-4-2-3/h7-8,11,14-16,26H,5-6,9-10,12-13H2,1-4H3,(H,27,28);2H,1H3. The summed E-state index contributed by atoms with van der Waals surface area (Å²) in [6.45, 7) is 8.81. The lowest BCUT2D eigenvalue weighted by Gasteiger charge is -2.49. The fourth-order valence-electron chi connectivity index (χ4n) is 6.02. The van der Waals surface area contributed by atoms with Crippen LogP contribution in [0.25, 0.3) is 10.9 Å². The van der Waals surface area contributed by atoms with E-state index < -0.39 is 11.4 Å². The molecule has 1 fully saturated rings. The Morgan fingerprint density at radius 1 is 1.41 bits per heavy atom. The molecular weight excluding hydrogens is 408 g/mol. The molecule has 4 rings (SSSR count). The first kappa shape index (κ1) is 24.1. The van der Waals surface area contributed by atoms with Crippen LogP contribution in [-0.2, 0) is 33.2 Å². The first-order chi connectivity index (χ1) is 15.2. The summed E-state index contributed by atoms with van der Waals surface area (Å²) < 4.78 is 5.95. The number of fused-ring (bicyclic) bond motifs is 6. The Morgan fingerprint density at radius 2 is 2.09 bits per heavy atom. The summed E-state index contributed by atoms with van der Waals surface area (Å²) in [7, 11) is 3.30. The summed E-state index contributed by atoms with van der Waals surface area (Å²) in [6, 6.07) is 5.36. The second kappa shape index (κ2) is 9.53. The number of aromatic hydroxyl groups is 1. The molecule has 0 aliphatic carbocycles. The van der Waals surface area contributed by atoms with Crippen LogP contribution in [0.15, 0.2) is 18.2 Å². The van der Waals surface area contributed by atoms with Crippen molar-refractivity contribution >= 4 is 23.3 Å². The van der Waals surface area contributed by atoms with Crippen molar-refractivity contribution in [2.75, 3.05) is 20.2 Å². The fourth-order valence-corrected chi connectivity index (χ4v) is 6.02. The smallest absolute Gasteiger partial charge is 0.317 e. The van der Waals surface area contributed by atoms with Crippen molar-refractivity contribution in [3.63, 3.8) is 0 Å². The highest BCUT2D eigenvalue weighted by Gasteiger charge is 2.56. The van der Waals surface area contributed by atoms with E-state index in [4.69, 9.17) is 4.79 Å². The summed E-state index contributed by atoms with van der Waals surface area (Å²) in [5.74, 6) is 0.417. The lowest BCUT2D eigenvalue weighted by molar-refractivity contribution is -0.151. The number of aryl methyl sites for hydroxylation is 1. The number of methoxy groups -OCH3 is 1. The molecule has 176 valence electrons. The van der Waals surface area contributed by atoms with E-state index in [0.717, 1.165) is 54.5 Å². The Kier molecular flexibility index (Phi) is 7.18. The molecule has 1 aromatic heterocycles. The van der Waals surface area contributed by atoms with E-state index in [1.54, 1.807) is 12.1 Å². The number of aliphatic carboxylic acids is 1. The highest BCUT2D eigenvalue weighted by Crippen LogP contribution is 2.49. The Morgan fingerprint density at radius 3 is 2.69 bits per heavy atom. The highest BCUT2D eigenvalue weighted by molar-refractivity contribution is 5.92. The molecule has 2 aromatic rings. The van der Waals surface area contributed by atoms with E-state index in [0.29, 0.717) is 24.7 Å². The van der Waals surface area contributed by atoms with Crippen LogP contribution in [0.5, 0.6) is 5.75 Å². The molecule has 0 amide bonds. The molecule has 0 radical (unpaired) electrons. The Hall–Kier alpha value is -2.54. The van der Waals surface area contributed by atoms with Crippen molar-refractivity contribution in [2.24, 2.45) is 18.9 Å². The number of phenols is 1. The summed E-state index contributed by atoms with van der Waals surface area (Å²) in [5, 5.41) is 21.7. The number of benzene rings is 1. The average molecular weight is 445 g/mol. The molecule has 1 aromatic carbocycles. The number of aromatic nitrogens is 1. The van der Waals surface area contributed by atoms with Crippen LogP contribution in [0.1, 0.15) is 51.3 Å². The molecule has 7 nitrogen and oxygen atoms in total. The van der Waals surface area contributed by atoms with Crippen molar-refractivity contribution in [2.45, 2.75) is 57.9 Å². The molecule has 32 heavy (non-hydrogen) atoms. The third-order valence-electron chi connectivity index (χ3n) is 7.70. The van der Waals surface area contributed by atoms with Crippen molar-refractivity contribution in [1.82, 2.24) is 9.47 Å². The van der Waals surface area contributed by atoms with E-state index in [2.05, 4.69) is 35.0 Å². The topological polar surface area (TPSA) is 92.0 Å². The zero-order valence-electron chi connectivity index (χ0n) is 19.8. The van der Waals surface area contributed by atoms with Gasteiger partial charge in [-0.1, -0.05) is 26.7 Å². The molecule has 0 saturated carbocycles. The number of hydrogen-bond donors (Lipinski definition) is 2. The molecule has 2 aliphatic heterocycles. The second-order valence-corrected chi connectivity index (χ2v) is 9.35. The maximum atomic E-state index is 12.9. The molecule has 0 spiro atoms. The third kappa shape index (κ3) is 3.87. The van der Waals surface area contributed by atoms with E-state index in [-0.39, 0.29) is 11.8 Å². The van der Waals surface area contributed by atoms with E-state index in [1.807, 2.05) is 13.1 Å². The van der Waals surface area contributed by atoms with Gasteiger partial charge in [0.2, 0.25) is 0 Å². The van der Waals surface area contributed by atoms with Crippen LogP contribution >= 0.6 is 0 Å². The highest BCUT2D eigenvalue weighted by atomic mass is 16.5. The van der Waals surface area contributed by atoms with Crippen molar-refractivity contribution < 1.29 is 24.5 Å². The van der Waals surface area contributed by atoms with Gasteiger partial charge in [-0.15, -0.1) is 0 Å². The Balaban J connectivity index is 0.000000668. The van der Waals surface area contributed by atoms with Crippen molar-refractivity contribution in [1.29, 1.82) is 0 Å². The Bertz CT molecular complexity index is 984. The molecule has 2 bridgehead atoms. The fraction of sp³-hybridized carbons (Fsp3) is 0.600. The quantitative estimate of drug-likeness (QED) is 0.684. The summed E-state index contributed by atoms with van der Waals surface area (Å²) in [6.07, 6.45) is 3.78. The first-order valence-electron chi connectivity index (χ1n) is 11.5. The number of ether oxygens (including phenoxy) is 1. The zero-order valence-corrected chi connectivity index (χ0v) is 19.8. The lowest BCUT2D eigenvalue weighted by atomic mass is 9.65. The van der Waals surface area contributed by atoms with Gasteiger partial charge in [0, 0.05) is 42.8 Å². The van der Waals surface area contributed by atoms with Gasteiger partial charge >= 0.3 is 5.97 Å². The third-order valence-corrected chi connectivity index (χ3v) is 7.70. The number of piperidine rings is 1. The zero-order chi connectivity index (χ0) is 23.6. The van der Waals surface area contributed by atoms with Gasteiger partial charge in [0.05, 0.1) is 7.11 Å². The minimum Gasteiger partial charge on any atom is -0.508 e. The van der Waals surface area contributed by atoms with Gasteiger partial charge < -0.3 is 19.5 Å². The van der Waals surface area contributed by atoms with Crippen LogP contribution in [0.4, 0.5) is 0 Å². The number of carbonyl (C=O) groups is 2. The van der Waals surface area contributed by atoms with Gasteiger partial charge in [-0.3, -0.25) is 14.5 Å². The number of nitrogens with zero attached hydrogens (tertiary/aromatic N) is 2. The molecule has 1 saturated heterocycles. The number of carbonyl (C=O) groups excluding carboxylic acids is 1. The average Bonchev–Trinajstić information content (AvgIpc) is 3.01. The first-order valence-corrected chi connectivity index (χ1v) is 11.5. The minimum absolute atomic E-state index is 0.0482. The number of rotatable bonds is 5. The number of carboxylic acid groups (broad SMARTS) is 1. The number of carboxylic acids is 1. The predicted molar refractivity (Wildman–Crippen MR) is 124 cm³/mol. The van der Waals surface area contributed by atoms with Gasteiger partial charge in [-0.2, -0.15) is 0 Å². The summed E-state index contributed by atoms with van der Waals surface area (Å²) in [5.41, 5.74) is 2.14. The molecule has 5 atom stereocenters. The minimum atomic E-state index is -0.917. The van der Waals surface area contributed by atoms with Crippen LogP contribution in [0.2, 0.25) is 0 Å². The van der Waals surface area contributed by atoms with Gasteiger partial charge in [0.15, 0.2) is 0 Å². The molecule has 3 heterocycles. The normalized spacial score (nSPS) is 27.5. The van der Waals surface area contributed by atoms with Crippen molar-refractivity contribution in [3.05, 3.63) is 29.5 Å². The van der Waals surface area contributed by atoms with Gasteiger partial charge in [-0.05, 0) is 55.4 Å². The van der Waals surface area contributed by atoms with Crippen LogP contribution < -0.4 is 0 Å². The lowest BCUT2D eigenvalue weighted by Crippen LogP contribution is -2.60. The molecule has 7 heteroatoms. The number of hydrogen-bond acceptors (Lipinski definition) is 5. The van der Waals surface area contributed by atoms with Crippen LogP contribution in [0, 0.1) is 11.8 Å². The van der Waals surface area contributed by atoms with E-state index >= 15 is 0 Å².